The molecule has 0 saturated heterocycles. The van der Waals surface area contributed by atoms with Crippen molar-refractivity contribution in [3.05, 3.63) is 23.8 Å². The van der Waals surface area contributed by atoms with Crippen molar-refractivity contribution < 1.29 is 27.8 Å². The second-order valence-electron chi connectivity index (χ2n) is 5.73. The van der Waals surface area contributed by atoms with Crippen molar-refractivity contribution in [2.45, 2.75) is 33.0 Å². The Morgan fingerprint density at radius 3 is 2.50 bits per heavy atom. The molecule has 1 amide bonds. The largest absolute Gasteiger partial charge is 0.491 e. The highest BCUT2D eigenvalue weighted by Crippen LogP contribution is 2.37. The Kier molecular flexibility index (Phi) is 7.34. The topological polar surface area (TPSA) is 70.6 Å². The van der Waals surface area contributed by atoms with Crippen molar-refractivity contribution in [2.75, 3.05) is 25.1 Å². The quantitative estimate of drug-likeness (QED) is 0.675. The molecule has 0 aliphatic carbocycles. The first-order valence-corrected chi connectivity index (χ1v) is 7.63. The number of nitrogens with one attached hydrogen (secondary N) is 2. The zero-order valence-electron chi connectivity index (χ0n) is 13.9. The van der Waals surface area contributed by atoms with Crippen molar-refractivity contribution in [3.63, 3.8) is 0 Å². The van der Waals surface area contributed by atoms with Crippen molar-refractivity contribution >= 4 is 11.6 Å². The molecule has 1 aromatic carbocycles. The van der Waals surface area contributed by atoms with Crippen LogP contribution in [-0.4, -0.2) is 36.8 Å². The van der Waals surface area contributed by atoms with Gasteiger partial charge in [-0.25, -0.2) is 0 Å². The summed E-state index contributed by atoms with van der Waals surface area (Å²) in [7, 11) is 0. The fourth-order valence-corrected chi connectivity index (χ4v) is 1.81. The van der Waals surface area contributed by atoms with Gasteiger partial charge < -0.3 is 20.5 Å². The first-order valence-electron chi connectivity index (χ1n) is 7.63. The van der Waals surface area contributed by atoms with E-state index in [0.29, 0.717) is 0 Å². The summed E-state index contributed by atoms with van der Waals surface area (Å²) in [6, 6.07) is 3.32. The molecule has 24 heavy (non-hydrogen) atoms. The predicted molar refractivity (Wildman–Crippen MR) is 85.0 cm³/mol. The van der Waals surface area contributed by atoms with Gasteiger partial charge in [-0.1, -0.05) is 13.8 Å². The van der Waals surface area contributed by atoms with Crippen LogP contribution in [0.1, 0.15) is 26.3 Å². The SMILES string of the molecule is CC(C)[C@H](C)NC(=O)CNc1ccc(OCCO)cc1C(F)(F)F. The summed E-state index contributed by atoms with van der Waals surface area (Å²) in [6.07, 6.45) is -4.59. The minimum absolute atomic E-state index is 0.000179. The number of benzene rings is 1. The van der Waals surface area contributed by atoms with Crippen LogP contribution in [0.15, 0.2) is 18.2 Å². The van der Waals surface area contributed by atoms with Gasteiger partial charge in [-0.05, 0) is 31.0 Å². The average molecular weight is 348 g/mol. The molecule has 0 radical (unpaired) electrons. The van der Waals surface area contributed by atoms with Gasteiger partial charge in [0.2, 0.25) is 5.91 Å². The summed E-state index contributed by atoms with van der Waals surface area (Å²) in [5.74, 6) is -0.160. The van der Waals surface area contributed by atoms with Gasteiger partial charge in [-0.15, -0.1) is 0 Å². The highest BCUT2D eigenvalue weighted by Gasteiger charge is 2.34. The van der Waals surface area contributed by atoms with E-state index in [1.807, 2.05) is 20.8 Å². The molecule has 0 aromatic heterocycles. The van der Waals surface area contributed by atoms with Gasteiger partial charge in [-0.2, -0.15) is 13.2 Å². The number of anilines is 1. The van der Waals surface area contributed by atoms with E-state index in [1.165, 1.54) is 12.1 Å². The normalized spacial score (nSPS) is 12.8. The van der Waals surface area contributed by atoms with Crippen molar-refractivity contribution in [3.8, 4) is 5.75 Å². The lowest BCUT2D eigenvalue weighted by Crippen LogP contribution is -2.39. The molecular formula is C16H23F3N2O3. The molecule has 0 spiro atoms. The lowest BCUT2D eigenvalue weighted by Gasteiger charge is -2.19. The van der Waals surface area contributed by atoms with Crippen molar-refractivity contribution in [1.82, 2.24) is 5.32 Å². The van der Waals surface area contributed by atoms with E-state index in [2.05, 4.69) is 10.6 Å². The Hall–Kier alpha value is -1.96. The summed E-state index contributed by atoms with van der Waals surface area (Å²) in [5, 5.41) is 13.9. The van der Waals surface area contributed by atoms with Crippen LogP contribution in [0.2, 0.25) is 0 Å². The Labute approximate surface area is 139 Å². The van der Waals surface area contributed by atoms with Crippen LogP contribution < -0.4 is 15.4 Å². The molecule has 3 N–H and O–H groups in total. The highest BCUT2D eigenvalue weighted by molar-refractivity contribution is 5.81. The standard InChI is InChI=1S/C16H23F3N2O3/c1-10(2)11(3)21-15(23)9-20-14-5-4-12(24-7-6-22)8-13(14)16(17,18)19/h4-5,8,10-11,20,22H,6-7,9H2,1-3H3,(H,21,23)/t11-/m0/s1. The van der Waals surface area contributed by atoms with Gasteiger partial charge in [-0.3, -0.25) is 4.79 Å². The average Bonchev–Trinajstić information content (AvgIpc) is 2.50. The van der Waals surface area contributed by atoms with E-state index >= 15 is 0 Å². The van der Waals surface area contributed by atoms with E-state index < -0.39 is 11.7 Å². The zero-order chi connectivity index (χ0) is 18.3. The maximum atomic E-state index is 13.1. The van der Waals surface area contributed by atoms with Gasteiger partial charge in [0.05, 0.1) is 18.7 Å². The van der Waals surface area contributed by atoms with Gasteiger partial charge in [0.1, 0.15) is 12.4 Å². The number of hydrogen-bond acceptors (Lipinski definition) is 4. The minimum atomic E-state index is -4.59. The van der Waals surface area contributed by atoms with Crippen LogP contribution in [0, 0.1) is 5.92 Å². The molecule has 8 heteroatoms. The van der Waals surface area contributed by atoms with Crippen molar-refractivity contribution in [2.24, 2.45) is 5.92 Å². The highest BCUT2D eigenvalue weighted by atomic mass is 19.4. The molecule has 0 aliphatic rings. The molecule has 136 valence electrons. The fourth-order valence-electron chi connectivity index (χ4n) is 1.81. The summed E-state index contributed by atoms with van der Waals surface area (Å²) in [5.41, 5.74) is -1.13. The Morgan fingerprint density at radius 1 is 1.29 bits per heavy atom. The summed E-state index contributed by atoms with van der Waals surface area (Å²) < 4.78 is 44.4. The van der Waals surface area contributed by atoms with Gasteiger partial charge >= 0.3 is 6.18 Å². The molecule has 0 heterocycles. The molecule has 0 aliphatic heterocycles. The molecule has 1 aromatic rings. The van der Waals surface area contributed by atoms with Crippen LogP contribution in [0.4, 0.5) is 18.9 Å². The molecule has 0 unspecified atom stereocenters. The minimum Gasteiger partial charge on any atom is -0.491 e. The summed E-state index contributed by atoms with van der Waals surface area (Å²) in [4.78, 5) is 11.8. The number of aliphatic hydroxyl groups excluding tert-OH is 1. The number of halogens is 3. The summed E-state index contributed by atoms with van der Waals surface area (Å²) >= 11 is 0. The lowest BCUT2D eigenvalue weighted by molar-refractivity contribution is -0.137. The van der Waals surface area contributed by atoms with E-state index in [4.69, 9.17) is 9.84 Å². The van der Waals surface area contributed by atoms with Crippen LogP contribution in [0.5, 0.6) is 5.75 Å². The predicted octanol–water partition coefficient (Wildman–Crippen LogP) is 2.65. The smallest absolute Gasteiger partial charge is 0.418 e. The molecule has 0 fully saturated rings. The molecule has 1 rings (SSSR count). The Balaban J connectivity index is 2.81. The summed E-state index contributed by atoms with van der Waals surface area (Å²) in [6.45, 7) is 5.04. The number of rotatable bonds is 8. The maximum absolute atomic E-state index is 13.1. The molecule has 0 bridgehead atoms. The van der Waals surface area contributed by atoms with Crippen LogP contribution in [0.3, 0.4) is 0 Å². The first kappa shape index (κ1) is 20.1. The number of alkyl halides is 3. The van der Waals surface area contributed by atoms with E-state index in [0.717, 1.165) is 6.07 Å². The molecule has 5 nitrogen and oxygen atoms in total. The lowest BCUT2D eigenvalue weighted by atomic mass is 10.1. The van der Waals surface area contributed by atoms with Crippen LogP contribution >= 0.6 is 0 Å². The van der Waals surface area contributed by atoms with E-state index in [1.54, 1.807) is 0 Å². The second-order valence-corrected chi connectivity index (χ2v) is 5.73. The van der Waals surface area contributed by atoms with Gasteiger partial charge in [0.15, 0.2) is 0 Å². The molecule has 1 atom stereocenters. The third kappa shape index (κ3) is 6.27. The maximum Gasteiger partial charge on any atom is 0.418 e. The Bertz CT molecular complexity index is 548. The number of carbonyl (C=O) groups is 1. The molecular weight excluding hydrogens is 325 g/mol. The second kappa shape index (κ2) is 8.77. The van der Waals surface area contributed by atoms with E-state index in [-0.39, 0.29) is 49.1 Å². The Morgan fingerprint density at radius 2 is 1.96 bits per heavy atom. The number of amides is 1. The number of aliphatic hydroxyl groups is 1. The number of ether oxygens (including phenoxy) is 1. The third-order valence-electron chi connectivity index (χ3n) is 3.48. The van der Waals surface area contributed by atoms with Gasteiger partial charge in [0, 0.05) is 11.7 Å². The first-order chi connectivity index (χ1) is 11.1. The van der Waals surface area contributed by atoms with Crippen molar-refractivity contribution in [1.29, 1.82) is 0 Å². The fraction of sp³-hybridized carbons (Fsp3) is 0.562. The van der Waals surface area contributed by atoms with Gasteiger partial charge in [0.25, 0.3) is 0 Å². The zero-order valence-corrected chi connectivity index (χ0v) is 13.9. The third-order valence-corrected chi connectivity index (χ3v) is 3.48. The molecule has 0 saturated carbocycles. The van der Waals surface area contributed by atoms with Crippen LogP contribution in [0.25, 0.3) is 0 Å². The number of hydrogen-bond donors (Lipinski definition) is 3. The number of carbonyl (C=O) groups excluding carboxylic acids is 1. The van der Waals surface area contributed by atoms with E-state index in [9.17, 15) is 18.0 Å². The monoisotopic (exact) mass is 348 g/mol. The van der Waals surface area contributed by atoms with Crippen LogP contribution in [-0.2, 0) is 11.0 Å².